The summed E-state index contributed by atoms with van der Waals surface area (Å²) >= 11 is 1.66. The van der Waals surface area contributed by atoms with Gasteiger partial charge in [-0.3, -0.25) is 14.5 Å². The fourth-order valence-electron chi connectivity index (χ4n) is 1.93. The molecule has 1 aromatic rings. The van der Waals surface area contributed by atoms with Crippen LogP contribution in [0.3, 0.4) is 0 Å². The molecule has 102 valence electrons. The van der Waals surface area contributed by atoms with Gasteiger partial charge in [0.1, 0.15) is 0 Å². The summed E-state index contributed by atoms with van der Waals surface area (Å²) in [6.07, 6.45) is 0. The Morgan fingerprint density at radius 2 is 1.68 bits per heavy atom. The molecule has 19 heavy (non-hydrogen) atoms. The zero-order chi connectivity index (χ0) is 14.0. The van der Waals surface area contributed by atoms with Crippen molar-refractivity contribution in [1.29, 1.82) is 0 Å². The van der Waals surface area contributed by atoms with Crippen LogP contribution in [0.2, 0.25) is 0 Å². The second kappa shape index (κ2) is 5.35. The SMILES string of the molecule is CC(C)(N)CSCCN1C(=O)c2ccccc2C1=O. The van der Waals surface area contributed by atoms with Crippen molar-refractivity contribution in [1.82, 2.24) is 4.90 Å². The van der Waals surface area contributed by atoms with Crippen LogP contribution in [0.5, 0.6) is 0 Å². The van der Waals surface area contributed by atoms with E-state index in [2.05, 4.69) is 0 Å². The van der Waals surface area contributed by atoms with Crippen LogP contribution >= 0.6 is 11.8 Å². The molecule has 0 aromatic heterocycles. The van der Waals surface area contributed by atoms with Crippen LogP contribution in [-0.2, 0) is 0 Å². The summed E-state index contributed by atoms with van der Waals surface area (Å²) in [6.45, 7) is 4.36. The standard InChI is InChI=1S/C14H18N2O2S/c1-14(2,15)9-19-8-7-16-12(17)10-5-3-4-6-11(10)13(16)18/h3-6H,7-9,15H2,1-2H3. The monoisotopic (exact) mass is 278 g/mol. The molecule has 0 bridgehead atoms. The van der Waals surface area contributed by atoms with Gasteiger partial charge in [0.25, 0.3) is 11.8 Å². The summed E-state index contributed by atoms with van der Waals surface area (Å²) in [5.41, 5.74) is 6.68. The van der Waals surface area contributed by atoms with Gasteiger partial charge in [0, 0.05) is 23.6 Å². The van der Waals surface area contributed by atoms with E-state index >= 15 is 0 Å². The van der Waals surface area contributed by atoms with Gasteiger partial charge in [0.2, 0.25) is 0 Å². The first-order chi connectivity index (χ1) is 8.90. The lowest BCUT2D eigenvalue weighted by Crippen LogP contribution is -2.36. The van der Waals surface area contributed by atoms with Crippen LogP contribution < -0.4 is 5.73 Å². The average Bonchev–Trinajstić information content (AvgIpc) is 2.58. The second-order valence-electron chi connectivity index (χ2n) is 5.35. The molecule has 1 aliphatic heterocycles. The third-order valence-corrected chi connectivity index (χ3v) is 4.23. The molecule has 4 nitrogen and oxygen atoms in total. The predicted molar refractivity (Wildman–Crippen MR) is 77.4 cm³/mol. The first-order valence-corrected chi connectivity index (χ1v) is 7.37. The van der Waals surface area contributed by atoms with Crippen LogP contribution in [0.1, 0.15) is 34.6 Å². The van der Waals surface area contributed by atoms with Gasteiger partial charge in [0.15, 0.2) is 0 Å². The van der Waals surface area contributed by atoms with Gasteiger partial charge in [-0.25, -0.2) is 0 Å². The smallest absolute Gasteiger partial charge is 0.261 e. The number of thioether (sulfide) groups is 1. The fraction of sp³-hybridized carbons (Fsp3) is 0.429. The van der Waals surface area contributed by atoms with Crippen LogP contribution in [-0.4, -0.2) is 40.3 Å². The molecule has 0 atom stereocenters. The Morgan fingerprint density at radius 3 is 2.16 bits per heavy atom. The van der Waals surface area contributed by atoms with Crippen molar-refractivity contribution >= 4 is 23.6 Å². The first-order valence-electron chi connectivity index (χ1n) is 6.22. The molecule has 0 spiro atoms. The third kappa shape index (κ3) is 3.16. The van der Waals surface area contributed by atoms with Crippen LogP contribution in [0.15, 0.2) is 24.3 Å². The molecule has 0 saturated heterocycles. The molecule has 1 aromatic carbocycles. The number of fused-ring (bicyclic) bond motifs is 1. The Hall–Kier alpha value is -1.33. The maximum absolute atomic E-state index is 12.1. The normalized spacial score (nSPS) is 15.0. The average molecular weight is 278 g/mol. The Labute approximate surface area is 117 Å². The van der Waals surface area contributed by atoms with E-state index in [-0.39, 0.29) is 17.4 Å². The van der Waals surface area contributed by atoms with Crippen molar-refractivity contribution in [3.63, 3.8) is 0 Å². The van der Waals surface area contributed by atoms with E-state index < -0.39 is 0 Å². The summed E-state index contributed by atoms with van der Waals surface area (Å²) in [7, 11) is 0. The number of benzene rings is 1. The van der Waals surface area contributed by atoms with Gasteiger partial charge >= 0.3 is 0 Å². The zero-order valence-electron chi connectivity index (χ0n) is 11.2. The zero-order valence-corrected chi connectivity index (χ0v) is 12.0. The molecule has 0 fully saturated rings. The van der Waals surface area contributed by atoms with Gasteiger partial charge in [-0.15, -0.1) is 0 Å². The molecule has 2 amide bonds. The van der Waals surface area contributed by atoms with Crippen LogP contribution in [0.25, 0.3) is 0 Å². The lowest BCUT2D eigenvalue weighted by molar-refractivity contribution is 0.0664. The first kappa shape index (κ1) is 14.1. The summed E-state index contributed by atoms with van der Waals surface area (Å²) in [6, 6.07) is 6.95. The number of amides is 2. The van der Waals surface area contributed by atoms with Crippen molar-refractivity contribution in [2.75, 3.05) is 18.1 Å². The van der Waals surface area contributed by atoms with Crippen LogP contribution in [0.4, 0.5) is 0 Å². The summed E-state index contributed by atoms with van der Waals surface area (Å²) in [4.78, 5) is 25.5. The Morgan fingerprint density at radius 1 is 1.16 bits per heavy atom. The van der Waals surface area contributed by atoms with E-state index in [4.69, 9.17) is 5.73 Å². The topological polar surface area (TPSA) is 63.4 Å². The molecule has 2 N–H and O–H groups in total. The molecule has 2 rings (SSSR count). The third-order valence-electron chi connectivity index (χ3n) is 2.81. The molecule has 1 heterocycles. The Bertz CT molecular complexity index is 473. The maximum Gasteiger partial charge on any atom is 0.261 e. The Kier molecular flexibility index (Phi) is 3.96. The minimum Gasteiger partial charge on any atom is -0.325 e. The number of imide groups is 1. The quantitative estimate of drug-likeness (QED) is 0.658. The van der Waals surface area contributed by atoms with E-state index in [1.165, 1.54) is 4.90 Å². The number of nitrogens with two attached hydrogens (primary N) is 1. The molecule has 1 aliphatic rings. The minimum absolute atomic E-state index is 0.187. The highest BCUT2D eigenvalue weighted by atomic mass is 32.2. The van der Waals surface area contributed by atoms with Gasteiger partial charge in [0.05, 0.1) is 11.1 Å². The van der Waals surface area contributed by atoms with E-state index in [0.29, 0.717) is 23.4 Å². The van der Waals surface area contributed by atoms with Crippen molar-refractivity contribution in [2.24, 2.45) is 5.73 Å². The van der Waals surface area contributed by atoms with E-state index in [0.717, 1.165) is 5.75 Å². The maximum atomic E-state index is 12.1. The molecule has 0 radical (unpaired) electrons. The summed E-state index contributed by atoms with van der Waals surface area (Å²) in [5.74, 6) is 1.14. The number of nitrogens with zero attached hydrogens (tertiary/aromatic N) is 1. The molecule has 0 aliphatic carbocycles. The van der Waals surface area contributed by atoms with Gasteiger partial charge in [-0.05, 0) is 26.0 Å². The van der Waals surface area contributed by atoms with Crippen molar-refractivity contribution in [3.05, 3.63) is 35.4 Å². The molecule has 0 unspecified atom stereocenters. The van der Waals surface area contributed by atoms with Gasteiger partial charge in [-0.1, -0.05) is 12.1 Å². The van der Waals surface area contributed by atoms with Crippen LogP contribution in [0, 0.1) is 0 Å². The molecule has 0 saturated carbocycles. The number of hydrogen-bond donors (Lipinski definition) is 1. The lowest BCUT2D eigenvalue weighted by Gasteiger charge is -2.19. The van der Waals surface area contributed by atoms with Crippen molar-refractivity contribution in [3.8, 4) is 0 Å². The lowest BCUT2D eigenvalue weighted by atomic mass is 10.1. The van der Waals surface area contributed by atoms with E-state index in [1.807, 2.05) is 13.8 Å². The number of carbonyl (C=O) groups is 2. The van der Waals surface area contributed by atoms with Gasteiger partial charge < -0.3 is 5.73 Å². The number of rotatable bonds is 5. The van der Waals surface area contributed by atoms with E-state index in [9.17, 15) is 9.59 Å². The fourth-order valence-corrected chi connectivity index (χ4v) is 2.92. The highest BCUT2D eigenvalue weighted by molar-refractivity contribution is 7.99. The Balaban J connectivity index is 1.94. The predicted octanol–water partition coefficient (Wildman–Crippen LogP) is 1.75. The number of hydrogen-bond acceptors (Lipinski definition) is 4. The van der Waals surface area contributed by atoms with Gasteiger partial charge in [-0.2, -0.15) is 11.8 Å². The largest absolute Gasteiger partial charge is 0.325 e. The number of carbonyl (C=O) groups excluding carboxylic acids is 2. The minimum atomic E-state index is -0.230. The highest BCUT2D eigenvalue weighted by Gasteiger charge is 2.34. The summed E-state index contributed by atoms with van der Waals surface area (Å²) in [5, 5.41) is 0. The van der Waals surface area contributed by atoms with Crippen molar-refractivity contribution < 1.29 is 9.59 Å². The highest BCUT2D eigenvalue weighted by Crippen LogP contribution is 2.22. The molecular formula is C14H18N2O2S. The summed E-state index contributed by atoms with van der Waals surface area (Å²) < 4.78 is 0. The molecular weight excluding hydrogens is 260 g/mol. The second-order valence-corrected chi connectivity index (χ2v) is 6.45. The van der Waals surface area contributed by atoms with Crippen molar-refractivity contribution in [2.45, 2.75) is 19.4 Å². The molecule has 5 heteroatoms. The van der Waals surface area contributed by atoms with E-state index in [1.54, 1.807) is 36.0 Å².